The molecule has 3 rings (SSSR count). The zero-order valence-corrected chi connectivity index (χ0v) is 20.9. The molecule has 170 valence electrons. The molecule has 6 nitrogen and oxygen atoms in total. The van der Waals surface area contributed by atoms with E-state index in [0.717, 1.165) is 51.1 Å². The van der Waals surface area contributed by atoms with E-state index in [1.165, 1.54) is 31.4 Å². The van der Waals surface area contributed by atoms with Gasteiger partial charge in [0.1, 0.15) is 0 Å². The molecule has 0 bridgehead atoms. The predicted molar refractivity (Wildman–Crippen MR) is 134 cm³/mol. The van der Waals surface area contributed by atoms with Gasteiger partial charge < -0.3 is 19.7 Å². The van der Waals surface area contributed by atoms with E-state index in [0.29, 0.717) is 19.3 Å². The molecule has 1 aromatic carbocycles. The van der Waals surface area contributed by atoms with Gasteiger partial charge in [0.05, 0.1) is 13.2 Å². The third-order valence-electron chi connectivity index (χ3n) is 6.10. The molecule has 0 radical (unpaired) electrons. The highest BCUT2D eigenvalue weighted by atomic mass is 127. The van der Waals surface area contributed by atoms with Gasteiger partial charge >= 0.3 is 0 Å². The van der Waals surface area contributed by atoms with Gasteiger partial charge in [-0.25, -0.2) is 0 Å². The number of ether oxygens (including phenoxy) is 2. The maximum absolute atomic E-state index is 5.54. The maximum Gasteiger partial charge on any atom is 0.193 e. The number of halogens is 1. The number of nitrogens with zero attached hydrogens (tertiary/aromatic N) is 3. The molecule has 7 heteroatoms. The minimum atomic E-state index is 0. The van der Waals surface area contributed by atoms with Gasteiger partial charge in [0.15, 0.2) is 5.96 Å². The lowest BCUT2D eigenvalue weighted by Gasteiger charge is -2.48. The van der Waals surface area contributed by atoms with Crippen molar-refractivity contribution in [3.63, 3.8) is 0 Å². The molecule has 30 heavy (non-hydrogen) atoms. The van der Waals surface area contributed by atoms with Crippen molar-refractivity contribution in [1.82, 2.24) is 15.1 Å². The van der Waals surface area contributed by atoms with Gasteiger partial charge in [0.2, 0.25) is 0 Å². The first kappa shape index (κ1) is 25.4. The largest absolute Gasteiger partial charge is 0.382 e. The highest BCUT2D eigenvalue weighted by Crippen LogP contribution is 2.31. The molecule has 0 saturated carbocycles. The Morgan fingerprint density at radius 3 is 2.73 bits per heavy atom. The number of guanidine groups is 1. The van der Waals surface area contributed by atoms with E-state index in [2.05, 4.69) is 50.4 Å². The summed E-state index contributed by atoms with van der Waals surface area (Å²) in [6.45, 7) is 7.48. The number of aliphatic imine (C=N–C) groups is 1. The van der Waals surface area contributed by atoms with Crippen LogP contribution in [-0.4, -0.2) is 82.0 Å². The maximum atomic E-state index is 5.54. The highest BCUT2D eigenvalue weighted by Gasteiger charge is 2.36. The molecular formula is C23H39IN4O2. The predicted octanol–water partition coefficient (Wildman–Crippen LogP) is 3.22. The molecule has 2 saturated heterocycles. The zero-order chi connectivity index (χ0) is 20.3. The summed E-state index contributed by atoms with van der Waals surface area (Å²) in [6, 6.07) is 11.6. The van der Waals surface area contributed by atoms with E-state index in [-0.39, 0.29) is 24.0 Å². The number of nitrogens with one attached hydrogen (secondary N) is 1. The second-order valence-corrected chi connectivity index (χ2v) is 8.09. The van der Waals surface area contributed by atoms with Crippen molar-refractivity contribution < 1.29 is 9.47 Å². The molecule has 0 aromatic heterocycles. The van der Waals surface area contributed by atoms with Gasteiger partial charge in [-0.3, -0.25) is 9.89 Å². The van der Waals surface area contributed by atoms with Crippen molar-refractivity contribution in [2.24, 2.45) is 10.9 Å². The molecular weight excluding hydrogens is 491 g/mol. The van der Waals surface area contributed by atoms with Gasteiger partial charge in [-0.05, 0) is 43.7 Å². The normalized spacial score (nSPS) is 22.3. The summed E-state index contributed by atoms with van der Waals surface area (Å²) in [5.74, 6) is 1.78. The van der Waals surface area contributed by atoms with Crippen LogP contribution < -0.4 is 5.32 Å². The molecule has 0 spiro atoms. The fourth-order valence-electron chi connectivity index (χ4n) is 4.66. The third-order valence-corrected chi connectivity index (χ3v) is 6.10. The molecule has 2 aliphatic heterocycles. The van der Waals surface area contributed by atoms with E-state index >= 15 is 0 Å². The number of methoxy groups -OCH3 is 1. The number of benzene rings is 1. The Morgan fingerprint density at radius 2 is 1.97 bits per heavy atom. The summed E-state index contributed by atoms with van der Waals surface area (Å²) in [7, 11) is 3.59. The van der Waals surface area contributed by atoms with Crippen molar-refractivity contribution in [2.45, 2.75) is 38.3 Å². The second kappa shape index (κ2) is 14.2. The van der Waals surface area contributed by atoms with E-state index in [9.17, 15) is 0 Å². The monoisotopic (exact) mass is 530 g/mol. The number of piperidine rings is 2. The van der Waals surface area contributed by atoms with Crippen LogP contribution in [0.4, 0.5) is 0 Å². The number of hydrogen-bond donors (Lipinski definition) is 1. The van der Waals surface area contributed by atoms with Crippen LogP contribution in [0.2, 0.25) is 0 Å². The lowest BCUT2D eigenvalue weighted by Crippen LogP contribution is -2.56. The topological polar surface area (TPSA) is 49.3 Å². The van der Waals surface area contributed by atoms with Crippen LogP contribution >= 0.6 is 24.0 Å². The van der Waals surface area contributed by atoms with Crippen molar-refractivity contribution in [2.75, 3.05) is 60.2 Å². The van der Waals surface area contributed by atoms with E-state index in [1.807, 2.05) is 7.05 Å². The van der Waals surface area contributed by atoms with Crippen molar-refractivity contribution >= 4 is 29.9 Å². The van der Waals surface area contributed by atoms with Gasteiger partial charge in [-0.2, -0.15) is 0 Å². The van der Waals surface area contributed by atoms with Crippen LogP contribution in [0.3, 0.4) is 0 Å². The Morgan fingerprint density at radius 1 is 1.13 bits per heavy atom. The van der Waals surface area contributed by atoms with Crippen LogP contribution in [0.5, 0.6) is 0 Å². The quantitative estimate of drug-likeness (QED) is 0.230. The fraction of sp³-hybridized carbons (Fsp3) is 0.696. The molecule has 2 unspecified atom stereocenters. The minimum Gasteiger partial charge on any atom is -0.382 e. The molecule has 0 amide bonds. The standard InChI is InChI=1S/C23H38N4O2.HI/c1-24-23(25-12-7-15-29-17-16-28-2)27-14-11-22-21(19-27)10-6-13-26(22)18-20-8-4-3-5-9-20;/h3-5,8-9,21-22H,6-7,10-19H2,1-2H3,(H,24,25);1H. The summed E-state index contributed by atoms with van der Waals surface area (Å²) in [5, 5.41) is 3.53. The molecule has 1 N–H and O–H groups in total. The first-order valence-corrected chi connectivity index (χ1v) is 11.1. The van der Waals surface area contributed by atoms with Crippen LogP contribution in [0.25, 0.3) is 0 Å². The number of rotatable bonds is 9. The third kappa shape index (κ3) is 7.66. The highest BCUT2D eigenvalue weighted by molar-refractivity contribution is 14.0. The number of fused-ring (bicyclic) bond motifs is 1. The average molecular weight is 530 g/mol. The Kier molecular flexibility index (Phi) is 12.0. The first-order chi connectivity index (χ1) is 14.3. The van der Waals surface area contributed by atoms with Crippen molar-refractivity contribution in [3.8, 4) is 0 Å². The molecule has 2 aliphatic rings. The Balaban J connectivity index is 0.00000320. The minimum absolute atomic E-state index is 0. The van der Waals surface area contributed by atoms with E-state index in [1.54, 1.807) is 7.11 Å². The molecule has 1 aromatic rings. The summed E-state index contributed by atoms with van der Waals surface area (Å²) in [5.41, 5.74) is 1.43. The second-order valence-electron chi connectivity index (χ2n) is 8.09. The molecule has 2 atom stereocenters. The van der Waals surface area contributed by atoms with Crippen LogP contribution in [-0.2, 0) is 16.0 Å². The SMILES string of the molecule is CN=C(NCCCOCCOC)N1CCC2C(CCCN2Cc2ccccc2)C1.I. The average Bonchev–Trinajstić information content (AvgIpc) is 2.76. The van der Waals surface area contributed by atoms with E-state index in [4.69, 9.17) is 9.47 Å². The van der Waals surface area contributed by atoms with Crippen LogP contribution in [0.1, 0.15) is 31.2 Å². The van der Waals surface area contributed by atoms with E-state index < -0.39 is 0 Å². The summed E-state index contributed by atoms with van der Waals surface area (Å²) >= 11 is 0. The summed E-state index contributed by atoms with van der Waals surface area (Å²) in [6.07, 6.45) is 4.83. The fourth-order valence-corrected chi connectivity index (χ4v) is 4.66. The summed E-state index contributed by atoms with van der Waals surface area (Å²) in [4.78, 5) is 9.71. The lowest BCUT2D eigenvalue weighted by molar-refractivity contribution is 0.0371. The van der Waals surface area contributed by atoms with Crippen molar-refractivity contribution in [1.29, 1.82) is 0 Å². The first-order valence-electron chi connectivity index (χ1n) is 11.1. The number of hydrogen-bond acceptors (Lipinski definition) is 4. The Labute approximate surface area is 199 Å². The zero-order valence-electron chi connectivity index (χ0n) is 18.6. The number of likely N-dealkylation sites (tertiary alicyclic amines) is 2. The molecule has 2 heterocycles. The van der Waals surface area contributed by atoms with Crippen molar-refractivity contribution in [3.05, 3.63) is 35.9 Å². The Bertz CT molecular complexity index is 616. The smallest absolute Gasteiger partial charge is 0.193 e. The molecule has 0 aliphatic carbocycles. The van der Waals surface area contributed by atoms with Gasteiger partial charge in [-0.1, -0.05) is 30.3 Å². The van der Waals surface area contributed by atoms with Gasteiger partial charge in [0.25, 0.3) is 0 Å². The summed E-state index contributed by atoms with van der Waals surface area (Å²) < 4.78 is 10.5. The lowest BCUT2D eigenvalue weighted by atomic mass is 9.83. The molecule has 2 fully saturated rings. The van der Waals surface area contributed by atoms with Crippen LogP contribution in [0.15, 0.2) is 35.3 Å². The Hall–Kier alpha value is -0.900. The van der Waals surface area contributed by atoms with Crippen LogP contribution in [0, 0.1) is 5.92 Å². The van der Waals surface area contributed by atoms with Gasteiger partial charge in [-0.15, -0.1) is 24.0 Å². The van der Waals surface area contributed by atoms with Gasteiger partial charge in [0, 0.05) is 53.0 Å².